The van der Waals surface area contributed by atoms with Crippen LogP contribution in [0.3, 0.4) is 0 Å². The molecular weight excluding hydrogens is 350 g/mol. The van der Waals surface area contributed by atoms with Crippen LogP contribution in [0.2, 0.25) is 0 Å². The fraction of sp³-hybridized carbons (Fsp3) is 0.179. The van der Waals surface area contributed by atoms with Crippen LogP contribution in [0, 0.1) is 12.8 Å². The van der Waals surface area contributed by atoms with E-state index >= 15 is 0 Å². The zero-order valence-electron chi connectivity index (χ0n) is 17.3. The summed E-state index contributed by atoms with van der Waals surface area (Å²) in [5, 5.41) is 7.83. The number of H-pyrrole nitrogens is 1. The minimum atomic E-state index is 0.676. The Balaban J connectivity index is 1.71. The van der Waals surface area contributed by atoms with Crippen molar-refractivity contribution in [3.05, 3.63) is 90.1 Å². The molecule has 1 heteroatoms. The molecule has 1 nitrogen and oxygen atoms in total. The monoisotopic (exact) mass is 376 g/mol. The van der Waals surface area contributed by atoms with Crippen LogP contribution in [0.1, 0.15) is 25.0 Å². The molecule has 5 aromatic rings. The second-order valence-corrected chi connectivity index (χ2v) is 8.56. The van der Waals surface area contributed by atoms with Gasteiger partial charge < -0.3 is 0 Å². The molecule has 1 N–H and O–H groups in total. The first kappa shape index (κ1) is 17.9. The molecule has 29 heavy (non-hydrogen) atoms. The summed E-state index contributed by atoms with van der Waals surface area (Å²) in [6.45, 7) is 6.70. The molecule has 4 aromatic carbocycles. The highest BCUT2D eigenvalue weighted by Gasteiger charge is 2.14. The van der Waals surface area contributed by atoms with Gasteiger partial charge in [-0.25, -0.2) is 4.98 Å². The lowest BCUT2D eigenvalue weighted by Crippen LogP contribution is -2.06. The number of rotatable bonds is 3. The van der Waals surface area contributed by atoms with E-state index in [0.29, 0.717) is 5.92 Å². The van der Waals surface area contributed by atoms with Gasteiger partial charge in [-0.05, 0) is 64.6 Å². The van der Waals surface area contributed by atoms with Crippen molar-refractivity contribution >= 4 is 32.3 Å². The fourth-order valence-electron chi connectivity index (χ4n) is 4.47. The van der Waals surface area contributed by atoms with Crippen molar-refractivity contribution in [2.45, 2.75) is 27.2 Å². The summed E-state index contributed by atoms with van der Waals surface area (Å²) >= 11 is 0. The molecule has 0 spiro atoms. The SMILES string of the molecule is Cc1ccc2ccc3c4cc[nH+]c(-c5ccc(CC(C)C)cc5)c4ccc3c2c1. The number of aryl methyl sites for hydroxylation is 1. The third-order valence-corrected chi connectivity index (χ3v) is 5.85. The Bertz CT molecular complexity index is 1340. The highest BCUT2D eigenvalue weighted by molar-refractivity contribution is 6.18. The predicted octanol–water partition coefficient (Wildman–Crippen LogP) is 7.13. The number of hydrogen-bond donors (Lipinski definition) is 0. The van der Waals surface area contributed by atoms with Crippen LogP contribution in [0.5, 0.6) is 0 Å². The molecule has 1 heterocycles. The lowest BCUT2D eigenvalue weighted by Gasteiger charge is -2.09. The van der Waals surface area contributed by atoms with Crippen LogP contribution in [0.25, 0.3) is 43.6 Å². The zero-order valence-corrected chi connectivity index (χ0v) is 17.3. The molecule has 0 aliphatic carbocycles. The third kappa shape index (κ3) is 3.17. The standard InChI is InChI=1S/C28H25N/c1-18(2)16-20-5-8-22(9-6-20)28-26-13-12-24-23(25(26)14-15-29-28)11-10-21-7-4-19(3)17-27(21)24/h4-15,17-18H,16H2,1-3H3/p+1. The summed E-state index contributed by atoms with van der Waals surface area (Å²) in [6.07, 6.45) is 3.19. The van der Waals surface area contributed by atoms with Gasteiger partial charge >= 0.3 is 0 Å². The van der Waals surface area contributed by atoms with Crippen LogP contribution in [-0.4, -0.2) is 0 Å². The summed E-state index contributed by atoms with van der Waals surface area (Å²) < 4.78 is 0. The van der Waals surface area contributed by atoms with E-state index in [1.807, 2.05) is 0 Å². The molecule has 142 valence electrons. The molecule has 0 saturated heterocycles. The molecular formula is C28H26N+. The Morgan fingerprint density at radius 1 is 0.690 bits per heavy atom. The molecule has 5 rings (SSSR count). The molecule has 1 aromatic heterocycles. The Morgan fingerprint density at radius 2 is 1.34 bits per heavy atom. The van der Waals surface area contributed by atoms with Crippen LogP contribution in [-0.2, 0) is 6.42 Å². The van der Waals surface area contributed by atoms with Crippen LogP contribution in [0.4, 0.5) is 0 Å². The number of fused-ring (bicyclic) bond motifs is 5. The van der Waals surface area contributed by atoms with Gasteiger partial charge in [-0.1, -0.05) is 67.9 Å². The molecule has 0 radical (unpaired) electrons. The van der Waals surface area contributed by atoms with Crippen molar-refractivity contribution in [2.24, 2.45) is 5.92 Å². The van der Waals surface area contributed by atoms with Gasteiger partial charge in [0, 0.05) is 17.0 Å². The van der Waals surface area contributed by atoms with Gasteiger partial charge in [0.05, 0.1) is 5.39 Å². The van der Waals surface area contributed by atoms with Gasteiger partial charge in [-0.3, -0.25) is 0 Å². The lowest BCUT2D eigenvalue weighted by molar-refractivity contribution is -0.362. The second-order valence-electron chi connectivity index (χ2n) is 8.56. The van der Waals surface area contributed by atoms with E-state index in [2.05, 4.69) is 105 Å². The molecule has 0 saturated carbocycles. The maximum atomic E-state index is 3.50. The molecule has 0 unspecified atom stereocenters. The van der Waals surface area contributed by atoms with Crippen LogP contribution in [0.15, 0.2) is 79.0 Å². The van der Waals surface area contributed by atoms with Crippen molar-refractivity contribution in [3.8, 4) is 11.3 Å². The van der Waals surface area contributed by atoms with Gasteiger partial charge in [0.15, 0.2) is 6.20 Å². The number of benzene rings is 4. The molecule has 0 aliphatic heterocycles. The Hall–Kier alpha value is -3.19. The number of pyridine rings is 1. The first-order valence-corrected chi connectivity index (χ1v) is 10.5. The zero-order chi connectivity index (χ0) is 20.0. The average Bonchev–Trinajstić information content (AvgIpc) is 2.73. The Morgan fingerprint density at radius 3 is 2.14 bits per heavy atom. The molecule has 0 amide bonds. The van der Waals surface area contributed by atoms with Crippen molar-refractivity contribution in [2.75, 3.05) is 0 Å². The first-order valence-electron chi connectivity index (χ1n) is 10.5. The van der Waals surface area contributed by atoms with Gasteiger partial charge in [-0.2, -0.15) is 0 Å². The average molecular weight is 377 g/mol. The Kier molecular flexibility index (Phi) is 4.32. The lowest BCUT2D eigenvalue weighted by atomic mass is 9.94. The molecule has 0 aliphatic rings. The highest BCUT2D eigenvalue weighted by atomic mass is 14.7. The normalized spacial score (nSPS) is 11.7. The summed E-state index contributed by atoms with van der Waals surface area (Å²) in [5.74, 6) is 0.676. The van der Waals surface area contributed by atoms with Crippen LogP contribution < -0.4 is 4.98 Å². The van der Waals surface area contributed by atoms with E-state index in [0.717, 1.165) is 6.42 Å². The van der Waals surface area contributed by atoms with Crippen molar-refractivity contribution in [1.82, 2.24) is 0 Å². The maximum absolute atomic E-state index is 3.50. The number of nitrogens with one attached hydrogen (secondary N) is 1. The number of aromatic amines is 1. The smallest absolute Gasteiger partial charge is 0.211 e. The fourth-order valence-corrected chi connectivity index (χ4v) is 4.47. The van der Waals surface area contributed by atoms with Gasteiger partial charge in [0.25, 0.3) is 0 Å². The van der Waals surface area contributed by atoms with Crippen molar-refractivity contribution in [3.63, 3.8) is 0 Å². The van der Waals surface area contributed by atoms with Gasteiger partial charge in [-0.15, -0.1) is 0 Å². The van der Waals surface area contributed by atoms with Crippen LogP contribution >= 0.6 is 0 Å². The third-order valence-electron chi connectivity index (χ3n) is 5.85. The van der Waals surface area contributed by atoms with E-state index in [4.69, 9.17) is 0 Å². The van der Waals surface area contributed by atoms with E-state index in [1.165, 1.54) is 54.7 Å². The van der Waals surface area contributed by atoms with Gasteiger partial charge in [0.1, 0.15) is 0 Å². The number of hydrogen-bond acceptors (Lipinski definition) is 0. The molecule has 0 bridgehead atoms. The Labute approximate surface area is 172 Å². The summed E-state index contributed by atoms with van der Waals surface area (Å²) in [5.41, 5.74) is 5.12. The first-order chi connectivity index (χ1) is 14.1. The second kappa shape index (κ2) is 7.00. The van der Waals surface area contributed by atoms with E-state index < -0.39 is 0 Å². The quantitative estimate of drug-likeness (QED) is 0.297. The number of aromatic nitrogens is 1. The summed E-state index contributed by atoms with van der Waals surface area (Å²) in [4.78, 5) is 3.50. The van der Waals surface area contributed by atoms with E-state index in [1.54, 1.807) is 0 Å². The predicted molar refractivity (Wildman–Crippen MR) is 124 cm³/mol. The summed E-state index contributed by atoms with van der Waals surface area (Å²) in [6, 6.07) is 27.0. The van der Waals surface area contributed by atoms with E-state index in [-0.39, 0.29) is 0 Å². The van der Waals surface area contributed by atoms with E-state index in [9.17, 15) is 0 Å². The molecule has 0 fully saturated rings. The van der Waals surface area contributed by atoms with Crippen molar-refractivity contribution in [1.29, 1.82) is 0 Å². The minimum absolute atomic E-state index is 0.676. The summed E-state index contributed by atoms with van der Waals surface area (Å²) in [7, 11) is 0. The van der Waals surface area contributed by atoms with Crippen molar-refractivity contribution < 1.29 is 4.98 Å². The minimum Gasteiger partial charge on any atom is -0.211 e. The highest BCUT2D eigenvalue weighted by Crippen LogP contribution is 2.34. The molecule has 0 atom stereocenters. The topological polar surface area (TPSA) is 14.1 Å². The largest absolute Gasteiger partial charge is 0.218 e. The van der Waals surface area contributed by atoms with Gasteiger partial charge in [0.2, 0.25) is 5.69 Å². The maximum Gasteiger partial charge on any atom is 0.218 e.